The van der Waals surface area contributed by atoms with Gasteiger partial charge in [-0.15, -0.1) is 0 Å². The van der Waals surface area contributed by atoms with Crippen LogP contribution in [0.3, 0.4) is 0 Å². The molecule has 1 fully saturated rings. The number of methoxy groups -OCH3 is 2. The predicted octanol–water partition coefficient (Wildman–Crippen LogP) is 5.30. The smallest absolute Gasteiger partial charge is 0.250 e. The Morgan fingerprint density at radius 1 is 1.08 bits per heavy atom. The fourth-order valence-electron chi connectivity index (χ4n) is 4.62. The Kier molecular flexibility index (Phi) is 7.59. The second kappa shape index (κ2) is 11.2. The van der Waals surface area contributed by atoms with E-state index < -0.39 is 0 Å². The maximum atomic E-state index is 12.0. The van der Waals surface area contributed by atoms with Crippen molar-refractivity contribution < 1.29 is 14.3 Å². The highest BCUT2D eigenvalue weighted by Gasteiger charge is 2.42. The van der Waals surface area contributed by atoms with Gasteiger partial charge in [-0.25, -0.2) is 0 Å². The van der Waals surface area contributed by atoms with Crippen molar-refractivity contribution >= 4 is 46.2 Å². The van der Waals surface area contributed by atoms with Gasteiger partial charge < -0.3 is 29.6 Å². The second-order valence-electron chi connectivity index (χ2n) is 8.64. The fraction of sp³-hybridized carbons (Fsp3) is 0.179. The van der Waals surface area contributed by atoms with Gasteiger partial charge in [0, 0.05) is 36.6 Å². The number of halogens is 1. The summed E-state index contributed by atoms with van der Waals surface area (Å²) >= 11 is 12.5. The molecular formula is C28H26ClN5O3S. The molecule has 0 radical (unpaired) electrons. The Bertz CT molecular complexity index is 1440. The first-order valence-electron chi connectivity index (χ1n) is 11.9. The standard InChI is InChI=1S/C28H26ClN5O3S/c1-36-17-25(35)31-22-13-10-19(16-21(22)29)34-27(26(32-28(34)38)23-6-3-4-14-30-23)24-7-5-15-33(24)18-8-11-20(37-2)12-9-18/h3-16,26-27H,17H2,1-2H3,(H,31,35)(H,32,38)/t26-,27+/m1/s1. The van der Waals surface area contributed by atoms with Gasteiger partial charge in [0.05, 0.1) is 29.6 Å². The topological polar surface area (TPSA) is 80.7 Å². The summed E-state index contributed by atoms with van der Waals surface area (Å²) in [5, 5.41) is 7.17. The summed E-state index contributed by atoms with van der Waals surface area (Å²) < 4.78 is 12.4. The SMILES string of the molecule is COCC(=O)Nc1ccc(N2C(=S)N[C@H](c3ccccn3)[C@@H]2c2cccn2-c2ccc(OC)cc2)cc1Cl. The third kappa shape index (κ3) is 5.08. The molecule has 2 atom stereocenters. The summed E-state index contributed by atoms with van der Waals surface area (Å²) in [4.78, 5) is 18.7. The van der Waals surface area contributed by atoms with Crippen LogP contribution >= 0.6 is 23.8 Å². The summed E-state index contributed by atoms with van der Waals surface area (Å²) in [5.41, 5.74) is 4.13. The number of thiocarbonyl (C=S) groups is 1. The van der Waals surface area contributed by atoms with E-state index in [9.17, 15) is 4.79 Å². The van der Waals surface area contributed by atoms with Crippen LogP contribution in [0.4, 0.5) is 11.4 Å². The molecule has 5 rings (SSSR count). The van der Waals surface area contributed by atoms with Gasteiger partial charge in [0.1, 0.15) is 18.4 Å². The molecule has 8 nitrogen and oxygen atoms in total. The molecule has 1 aliphatic rings. The lowest BCUT2D eigenvalue weighted by molar-refractivity contribution is -0.119. The molecule has 4 aromatic rings. The van der Waals surface area contributed by atoms with Crippen molar-refractivity contribution in [3.63, 3.8) is 0 Å². The van der Waals surface area contributed by atoms with Crippen LogP contribution in [0.25, 0.3) is 5.69 Å². The minimum atomic E-state index is -0.286. The molecule has 0 spiro atoms. The number of hydrogen-bond donors (Lipinski definition) is 2. The van der Waals surface area contributed by atoms with Crippen LogP contribution in [0, 0.1) is 0 Å². The van der Waals surface area contributed by atoms with E-state index in [2.05, 4.69) is 26.3 Å². The van der Waals surface area contributed by atoms with E-state index in [1.54, 1.807) is 25.4 Å². The molecule has 0 unspecified atom stereocenters. The van der Waals surface area contributed by atoms with Crippen LogP contribution in [0.1, 0.15) is 23.5 Å². The van der Waals surface area contributed by atoms with Crippen molar-refractivity contribution in [3.8, 4) is 11.4 Å². The first-order chi connectivity index (χ1) is 18.5. The number of nitrogens with one attached hydrogen (secondary N) is 2. The normalized spacial score (nSPS) is 16.8. The maximum absolute atomic E-state index is 12.0. The quantitative estimate of drug-likeness (QED) is 0.290. The number of nitrogens with zero attached hydrogens (tertiary/aromatic N) is 3. The Morgan fingerprint density at radius 2 is 1.87 bits per heavy atom. The minimum absolute atomic E-state index is 0.0611. The average Bonchev–Trinajstić information content (AvgIpc) is 3.55. The first-order valence-corrected chi connectivity index (χ1v) is 12.7. The van der Waals surface area contributed by atoms with E-state index in [1.165, 1.54) is 7.11 Å². The van der Waals surface area contributed by atoms with Crippen LogP contribution in [0.5, 0.6) is 5.75 Å². The van der Waals surface area contributed by atoms with Gasteiger partial charge in [-0.05, 0) is 78.9 Å². The lowest BCUT2D eigenvalue weighted by Crippen LogP contribution is -2.30. The van der Waals surface area contributed by atoms with E-state index in [0.717, 1.165) is 28.5 Å². The van der Waals surface area contributed by atoms with Gasteiger partial charge in [0.25, 0.3) is 0 Å². The van der Waals surface area contributed by atoms with Crippen molar-refractivity contribution in [1.29, 1.82) is 0 Å². The number of hydrogen-bond acceptors (Lipinski definition) is 5. The lowest BCUT2D eigenvalue weighted by atomic mass is 10.0. The number of carbonyl (C=O) groups is 1. The molecule has 10 heteroatoms. The summed E-state index contributed by atoms with van der Waals surface area (Å²) in [5.74, 6) is 0.498. The maximum Gasteiger partial charge on any atom is 0.250 e. The molecule has 0 bridgehead atoms. The Labute approximate surface area is 231 Å². The monoisotopic (exact) mass is 547 g/mol. The molecule has 2 aromatic carbocycles. The van der Waals surface area contributed by atoms with E-state index in [-0.39, 0.29) is 24.6 Å². The van der Waals surface area contributed by atoms with E-state index in [4.69, 9.17) is 33.3 Å². The second-order valence-corrected chi connectivity index (χ2v) is 9.44. The summed E-state index contributed by atoms with van der Waals surface area (Å²) in [6.45, 7) is -0.0611. The van der Waals surface area contributed by atoms with Crippen LogP contribution in [0.2, 0.25) is 5.02 Å². The number of amides is 1. The number of ether oxygens (including phenoxy) is 2. The molecule has 3 heterocycles. The highest BCUT2D eigenvalue weighted by Crippen LogP contribution is 2.43. The van der Waals surface area contributed by atoms with Gasteiger partial charge in [0.15, 0.2) is 5.11 Å². The van der Waals surface area contributed by atoms with Gasteiger partial charge >= 0.3 is 0 Å². The number of carbonyl (C=O) groups excluding carboxylic acids is 1. The van der Waals surface area contributed by atoms with Gasteiger partial charge in [-0.1, -0.05) is 17.7 Å². The molecule has 0 aliphatic carbocycles. The fourth-order valence-corrected chi connectivity index (χ4v) is 5.19. The minimum Gasteiger partial charge on any atom is -0.497 e. The van der Waals surface area contributed by atoms with Gasteiger partial charge in [-0.3, -0.25) is 9.78 Å². The highest BCUT2D eigenvalue weighted by molar-refractivity contribution is 7.80. The number of anilines is 2. The zero-order chi connectivity index (χ0) is 26.6. The summed E-state index contributed by atoms with van der Waals surface area (Å²) in [7, 11) is 3.11. The zero-order valence-electron chi connectivity index (χ0n) is 20.8. The summed E-state index contributed by atoms with van der Waals surface area (Å²) in [6.07, 6.45) is 3.80. The Hall–Kier alpha value is -3.92. The van der Waals surface area contributed by atoms with Crippen molar-refractivity contribution in [2.24, 2.45) is 0 Å². The van der Waals surface area contributed by atoms with Gasteiger partial charge in [0.2, 0.25) is 5.91 Å². The lowest BCUT2D eigenvalue weighted by Gasteiger charge is -2.29. The van der Waals surface area contributed by atoms with Gasteiger partial charge in [-0.2, -0.15) is 0 Å². The van der Waals surface area contributed by atoms with E-state index in [0.29, 0.717) is 15.8 Å². The molecule has 38 heavy (non-hydrogen) atoms. The molecule has 1 aliphatic heterocycles. The molecule has 1 saturated heterocycles. The number of aromatic nitrogens is 2. The van der Waals surface area contributed by atoms with Crippen molar-refractivity contribution in [2.75, 3.05) is 31.0 Å². The zero-order valence-corrected chi connectivity index (χ0v) is 22.4. The largest absolute Gasteiger partial charge is 0.497 e. The molecular weight excluding hydrogens is 522 g/mol. The molecule has 2 N–H and O–H groups in total. The number of rotatable bonds is 8. The number of benzene rings is 2. The summed E-state index contributed by atoms with van der Waals surface area (Å²) in [6, 6.07) is 22.8. The van der Waals surface area contributed by atoms with E-state index in [1.807, 2.05) is 65.7 Å². The highest BCUT2D eigenvalue weighted by atomic mass is 35.5. The molecule has 194 valence electrons. The molecule has 2 aromatic heterocycles. The van der Waals surface area contributed by atoms with E-state index >= 15 is 0 Å². The van der Waals surface area contributed by atoms with Crippen molar-refractivity contribution in [2.45, 2.75) is 12.1 Å². The molecule has 1 amide bonds. The third-order valence-corrected chi connectivity index (χ3v) is 6.94. The van der Waals surface area contributed by atoms with Crippen LogP contribution in [-0.4, -0.2) is 41.4 Å². The Balaban J connectivity index is 1.57. The first kappa shape index (κ1) is 25.7. The predicted molar refractivity (Wildman–Crippen MR) is 152 cm³/mol. The third-order valence-electron chi connectivity index (χ3n) is 6.31. The van der Waals surface area contributed by atoms with Crippen molar-refractivity contribution in [3.05, 3.63) is 102 Å². The number of pyridine rings is 1. The van der Waals surface area contributed by atoms with Crippen LogP contribution < -0.4 is 20.3 Å². The Morgan fingerprint density at radius 3 is 2.55 bits per heavy atom. The van der Waals surface area contributed by atoms with Crippen LogP contribution in [-0.2, 0) is 9.53 Å². The van der Waals surface area contributed by atoms with Crippen molar-refractivity contribution in [1.82, 2.24) is 14.9 Å². The van der Waals surface area contributed by atoms with Crippen LogP contribution in [0.15, 0.2) is 85.2 Å². The average molecular weight is 548 g/mol. The molecule has 0 saturated carbocycles.